The summed E-state index contributed by atoms with van der Waals surface area (Å²) < 4.78 is 0. The SMILES string of the molecule is Cc1cccc(CCc2ccc3c4ccc(C)c5c(C=O)ccc(c6ccc(C)c2c63)c54)c1. The quantitative estimate of drug-likeness (QED) is 0.157. The maximum atomic E-state index is 11.8. The van der Waals surface area contributed by atoms with Gasteiger partial charge in [0, 0.05) is 5.56 Å². The van der Waals surface area contributed by atoms with Crippen molar-refractivity contribution in [1.82, 2.24) is 0 Å². The minimum absolute atomic E-state index is 0.773. The van der Waals surface area contributed by atoms with Crippen LogP contribution in [0.1, 0.15) is 38.2 Å². The minimum atomic E-state index is 0.773. The third-order valence-electron chi connectivity index (χ3n) is 7.33. The molecule has 0 aliphatic rings. The molecule has 0 bridgehead atoms. The van der Waals surface area contributed by atoms with E-state index in [0.717, 1.165) is 35.6 Å². The molecule has 6 aromatic rings. The zero-order valence-corrected chi connectivity index (χ0v) is 19.3. The maximum Gasteiger partial charge on any atom is 0.150 e. The molecule has 0 spiro atoms. The van der Waals surface area contributed by atoms with Crippen LogP contribution in [0.2, 0.25) is 0 Å². The highest BCUT2D eigenvalue weighted by molar-refractivity contribution is 6.34. The predicted octanol–water partition coefficient (Wildman–Crippen LogP) is 8.26. The van der Waals surface area contributed by atoms with Crippen molar-refractivity contribution in [1.29, 1.82) is 0 Å². The van der Waals surface area contributed by atoms with E-state index in [1.165, 1.54) is 60.0 Å². The lowest BCUT2D eigenvalue weighted by atomic mass is 9.84. The Hall–Kier alpha value is -3.71. The first-order valence-corrected chi connectivity index (χ1v) is 11.7. The van der Waals surface area contributed by atoms with Crippen molar-refractivity contribution >= 4 is 49.4 Å². The van der Waals surface area contributed by atoms with Crippen LogP contribution in [-0.4, -0.2) is 6.29 Å². The summed E-state index contributed by atoms with van der Waals surface area (Å²) in [4.78, 5) is 11.8. The van der Waals surface area contributed by atoms with Crippen molar-refractivity contribution in [3.63, 3.8) is 0 Å². The van der Waals surface area contributed by atoms with Gasteiger partial charge in [-0.1, -0.05) is 78.4 Å². The van der Waals surface area contributed by atoms with Gasteiger partial charge in [0.05, 0.1) is 0 Å². The van der Waals surface area contributed by atoms with Gasteiger partial charge in [-0.2, -0.15) is 0 Å². The maximum absolute atomic E-state index is 11.8. The van der Waals surface area contributed by atoms with Crippen molar-refractivity contribution < 1.29 is 4.79 Å². The third-order valence-corrected chi connectivity index (χ3v) is 7.33. The number of hydrogen-bond acceptors (Lipinski definition) is 1. The molecular weight excluding hydrogens is 400 g/mol. The van der Waals surface area contributed by atoms with E-state index in [4.69, 9.17) is 0 Å². The molecular formula is C32H26O. The molecule has 0 radical (unpaired) electrons. The molecule has 6 aromatic carbocycles. The highest BCUT2D eigenvalue weighted by atomic mass is 16.1. The second-order valence-electron chi connectivity index (χ2n) is 9.44. The molecule has 0 unspecified atom stereocenters. The standard InChI is InChI=1S/C32H26O/c1-19-5-4-6-22(17-19)9-10-23-11-15-27-26-14-8-21(3)30-24(18-33)12-16-28(32(26)30)25-13-7-20(2)29(23)31(25)27/h4-8,11-18H,9-10H2,1-3H3. The van der Waals surface area contributed by atoms with Gasteiger partial charge in [-0.3, -0.25) is 4.79 Å². The van der Waals surface area contributed by atoms with Crippen molar-refractivity contribution in [2.45, 2.75) is 33.6 Å². The molecule has 0 aliphatic heterocycles. The van der Waals surface area contributed by atoms with E-state index in [1.54, 1.807) is 0 Å². The molecule has 1 nitrogen and oxygen atoms in total. The Balaban J connectivity index is 1.67. The van der Waals surface area contributed by atoms with Crippen LogP contribution in [0.25, 0.3) is 43.1 Å². The number of benzene rings is 6. The molecule has 0 aromatic heterocycles. The average molecular weight is 427 g/mol. The fraction of sp³-hybridized carbons (Fsp3) is 0.156. The van der Waals surface area contributed by atoms with E-state index in [-0.39, 0.29) is 0 Å². The number of carbonyl (C=O) groups excluding carboxylic acids is 1. The molecule has 0 saturated heterocycles. The number of carbonyl (C=O) groups is 1. The summed E-state index contributed by atoms with van der Waals surface area (Å²) >= 11 is 0. The molecule has 0 heterocycles. The average Bonchev–Trinajstić information content (AvgIpc) is 2.83. The van der Waals surface area contributed by atoms with E-state index < -0.39 is 0 Å². The van der Waals surface area contributed by atoms with Crippen molar-refractivity contribution in [2.75, 3.05) is 0 Å². The van der Waals surface area contributed by atoms with Gasteiger partial charge < -0.3 is 0 Å². The van der Waals surface area contributed by atoms with Crippen LogP contribution < -0.4 is 0 Å². The molecule has 0 atom stereocenters. The number of hydrogen-bond donors (Lipinski definition) is 0. The Morgan fingerprint density at radius 2 is 1.21 bits per heavy atom. The zero-order chi connectivity index (χ0) is 22.7. The molecule has 0 fully saturated rings. The van der Waals surface area contributed by atoms with Crippen molar-refractivity contribution in [3.05, 3.63) is 106 Å². The Bertz CT molecular complexity index is 1680. The first-order chi connectivity index (χ1) is 16.1. The Morgan fingerprint density at radius 3 is 1.88 bits per heavy atom. The third kappa shape index (κ3) is 2.96. The predicted molar refractivity (Wildman–Crippen MR) is 141 cm³/mol. The van der Waals surface area contributed by atoms with Gasteiger partial charge in [-0.05, 0) is 99.0 Å². The summed E-state index contributed by atoms with van der Waals surface area (Å²) in [6.45, 7) is 6.49. The van der Waals surface area contributed by atoms with Crippen LogP contribution in [0.5, 0.6) is 0 Å². The first kappa shape index (κ1) is 19.9. The highest BCUT2D eigenvalue weighted by Crippen LogP contribution is 2.43. The van der Waals surface area contributed by atoms with E-state index in [9.17, 15) is 4.79 Å². The highest BCUT2D eigenvalue weighted by Gasteiger charge is 2.18. The topological polar surface area (TPSA) is 17.1 Å². The first-order valence-electron chi connectivity index (χ1n) is 11.7. The summed E-state index contributed by atoms with van der Waals surface area (Å²) in [7, 11) is 0. The molecule has 1 heteroatoms. The van der Waals surface area contributed by atoms with E-state index in [2.05, 4.69) is 87.5 Å². The van der Waals surface area contributed by atoms with Gasteiger partial charge >= 0.3 is 0 Å². The molecule has 0 saturated carbocycles. The Morgan fingerprint density at radius 1 is 0.606 bits per heavy atom. The second-order valence-corrected chi connectivity index (χ2v) is 9.44. The monoisotopic (exact) mass is 426 g/mol. The van der Waals surface area contributed by atoms with Crippen LogP contribution in [-0.2, 0) is 12.8 Å². The van der Waals surface area contributed by atoms with E-state index in [0.29, 0.717) is 0 Å². The van der Waals surface area contributed by atoms with Gasteiger partial charge in [0.1, 0.15) is 0 Å². The van der Waals surface area contributed by atoms with Crippen LogP contribution in [0.15, 0.2) is 72.8 Å². The Kier molecular flexibility index (Phi) is 4.48. The molecule has 160 valence electrons. The van der Waals surface area contributed by atoms with Crippen LogP contribution in [0, 0.1) is 20.8 Å². The van der Waals surface area contributed by atoms with Gasteiger partial charge in [0.2, 0.25) is 0 Å². The summed E-state index contributed by atoms with van der Waals surface area (Å²) in [6, 6.07) is 26.5. The fourth-order valence-corrected chi connectivity index (χ4v) is 5.80. The molecule has 0 N–H and O–H groups in total. The van der Waals surface area contributed by atoms with Crippen LogP contribution >= 0.6 is 0 Å². The van der Waals surface area contributed by atoms with Gasteiger partial charge in [-0.15, -0.1) is 0 Å². The van der Waals surface area contributed by atoms with E-state index >= 15 is 0 Å². The van der Waals surface area contributed by atoms with Crippen molar-refractivity contribution in [2.24, 2.45) is 0 Å². The number of rotatable bonds is 4. The van der Waals surface area contributed by atoms with Crippen LogP contribution in [0.4, 0.5) is 0 Å². The van der Waals surface area contributed by atoms with Gasteiger partial charge in [-0.25, -0.2) is 0 Å². The summed E-state index contributed by atoms with van der Waals surface area (Å²) in [6.07, 6.45) is 3.04. The summed E-state index contributed by atoms with van der Waals surface area (Å²) in [5.74, 6) is 0. The largest absolute Gasteiger partial charge is 0.298 e. The number of aryl methyl sites for hydroxylation is 5. The van der Waals surface area contributed by atoms with Crippen LogP contribution in [0.3, 0.4) is 0 Å². The molecule has 0 amide bonds. The normalized spacial score (nSPS) is 11.8. The molecule has 0 aliphatic carbocycles. The number of aldehydes is 1. The fourth-order valence-electron chi connectivity index (χ4n) is 5.80. The second kappa shape index (κ2) is 7.42. The van der Waals surface area contributed by atoms with Crippen molar-refractivity contribution in [3.8, 4) is 0 Å². The summed E-state index contributed by atoms with van der Waals surface area (Å²) in [5, 5.41) is 10.1. The minimum Gasteiger partial charge on any atom is -0.298 e. The lowest BCUT2D eigenvalue weighted by Crippen LogP contribution is -1.97. The zero-order valence-electron chi connectivity index (χ0n) is 19.3. The lowest BCUT2D eigenvalue weighted by Gasteiger charge is -2.19. The van der Waals surface area contributed by atoms with E-state index in [1.807, 2.05) is 6.07 Å². The molecule has 6 rings (SSSR count). The number of fused-ring (bicyclic) bond motifs is 2. The van der Waals surface area contributed by atoms with Gasteiger partial charge in [0.25, 0.3) is 0 Å². The molecule has 33 heavy (non-hydrogen) atoms. The van der Waals surface area contributed by atoms with Gasteiger partial charge in [0.15, 0.2) is 6.29 Å². The lowest BCUT2D eigenvalue weighted by molar-refractivity contribution is 0.112. The summed E-state index contributed by atoms with van der Waals surface area (Å²) in [5.41, 5.74) is 7.36. The smallest absolute Gasteiger partial charge is 0.150 e. The Labute approximate surface area is 194 Å².